The van der Waals surface area contributed by atoms with Crippen molar-refractivity contribution in [1.82, 2.24) is 10.2 Å². The smallest absolute Gasteiger partial charge is 0.276 e. The molecule has 0 unspecified atom stereocenters. The van der Waals surface area contributed by atoms with Gasteiger partial charge in [-0.05, 0) is 30.7 Å². The highest BCUT2D eigenvalue weighted by Gasteiger charge is 2.09. The van der Waals surface area contributed by atoms with Gasteiger partial charge < -0.3 is 10.7 Å². The number of rotatable bonds is 3. The molecule has 0 aliphatic rings. The molecule has 2 rings (SSSR count). The molecule has 2 aromatic rings. The summed E-state index contributed by atoms with van der Waals surface area (Å²) < 4.78 is 0. The van der Waals surface area contributed by atoms with Crippen LogP contribution in [-0.2, 0) is 0 Å². The topological polar surface area (TPSA) is 92.9 Å². The predicted octanol–water partition coefficient (Wildman–Crippen LogP) is 1.32. The first-order chi connectivity index (χ1) is 8.70. The average molecular weight is 243 g/mol. The molecule has 1 aromatic heterocycles. The summed E-state index contributed by atoms with van der Waals surface area (Å²) in [7, 11) is 0. The third kappa shape index (κ3) is 2.61. The number of amides is 1. The summed E-state index contributed by atoms with van der Waals surface area (Å²) in [5.41, 5.74) is 4.32. The molecule has 0 bridgehead atoms. The lowest BCUT2D eigenvalue weighted by Gasteiger charge is -2.07. The summed E-state index contributed by atoms with van der Waals surface area (Å²) in [6, 6.07) is 10.6. The Hall–Kier alpha value is -2.47. The summed E-state index contributed by atoms with van der Waals surface area (Å²) in [5.74, 6) is 5.27. The first kappa shape index (κ1) is 12.0. The molecule has 6 heteroatoms. The number of carbonyl (C=O) groups is 1. The summed E-state index contributed by atoms with van der Waals surface area (Å²) in [4.78, 5) is 11.9. The number of para-hydroxylation sites is 1. The lowest BCUT2D eigenvalue weighted by molar-refractivity contribution is 0.102. The van der Waals surface area contributed by atoms with Crippen molar-refractivity contribution < 1.29 is 4.79 Å². The standard InChI is InChI=1S/C12H13N5O/c1-8-4-2-3-5-9(8)14-12(18)10-6-7-11(15-13)17-16-10/h2-7H,13H2,1H3,(H,14,18)(H,15,17). The molecule has 0 saturated heterocycles. The normalized spacial score (nSPS) is 9.89. The molecule has 4 N–H and O–H groups in total. The van der Waals surface area contributed by atoms with Crippen LogP contribution >= 0.6 is 0 Å². The molecule has 0 aliphatic carbocycles. The van der Waals surface area contributed by atoms with Crippen molar-refractivity contribution in [1.29, 1.82) is 0 Å². The highest BCUT2D eigenvalue weighted by Crippen LogP contribution is 2.14. The lowest BCUT2D eigenvalue weighted by atomic mass is 10.2. The number of hydrogen-bond acceptors (Lipinski definition) is 5. The number of hydrogen-bond donors (Lipinski definition) is 3. The van der Waals surface area contributed by atoms with Crippen LogP contribution < -0.4 is 16.6 Å². The van der Waals surface area contributed by atoms with Crippen LogP contribution in [0.15, 0.2) is 36.4 Å². The minimum atomic E-state index is -0.305. The average Bonchev–Trinajstić information content (AvgIpc) is 2.41. The lowest BCUT2D eigenvalue weighted by Crippen LogP contribution is -2.16. The largest absolute Gasteiger partial charge is 0.320 e. The van der Waals surface area contributed by atoms with E-state index in [1.807, 2.05) is 31.2 Å². The Balaban J connectivity index is 2.14. The number of nitrogens with one attached hydrogen (secondary N) is 2. The maximum absolute atomic E-state index is 11.9. The number of aromatic nitrogens is 2. The summed E-state index contributed by atoms with van der Waals surface area (Å²) in [6.45, 7) is 1.92. The number of aryl methyl sites for hydroxylation is 1. The molecule has 0 spiro atoms. The molecule has 0 aliphatic heterocycles. The van der Waals surface area contributed by atoms with Gasteiger partial charge in [-0.3, -0.25) is 4.79 Å². The van der Waals surface area contributed by atoms with Crippen LogP contribution in [0.4, 0.5) is 11.5 Å². The molecule has 0 atom stereocenters. The predicted molar refractivity (Wildman–Crippen MR) is 69.0 cm³/mol. The minimum absolute atomic E-state index is 0.234. The van der Waals surface area contributed by atoms with Crippen molar-refractivity contribution in [3.8, 4) is 0 Å². The zero-order chi connectivity index (χ0) is 13.0. The fourth-order valence-electron chi connectivity index (χ4n) is 1.43. The first-order valence-electron chi connectivity index (χ1n) is 5.38. The van der Waals surface area contributed by atoms with Gasteiger partial charge in [0.2, 0.25) is 0 Å². The van der Waals surface area contributed by atoms with Crippen LogP contribution in [0.2, 0.25) is 0 Å². The monoisotopic (exact) mass is 243 g/mol. The third-order valence-electron chi connectivity index (χ3n) is 2.44. The number of benzene rings is 1. The molecule has 1 heterocycles. The van der Waals surface area contributed by atoms with E-state index in [-0.39, 0.29) is 11.6 Å². The molecule has 1 aromatic carbocycles. The van der Waals surface area contributed by atoms with Gasteiger partial charge in [0.15, 0.2) is 11.5 Å². The van der Waals surface area contributed by atoms with Crippen LogP contribution in [0.25, 0.3) is 0 Å². The van der Waals surface area contributed by atoms with Crippen LogP contribution in [0.5, 0.6) is 0 Å². The van der Waals surface area contributed by atoms with E-state index < -0.39 is 0 Å². The number of hydrazine groups is 1. The van der Waals surface area contributed by atoms with Gasteiger partial charge in [0, 0.05) is 5.69 Å². The number of carbonyl (C=O) groups excluding carboxylic acids is 1. The van der Waals surface area contributed by atoms with Crippen molar-refractivity contribution in [2.24, 2.45) is 5.84 Å². The van der Waals surface area contributed by atoms with Gasteiger partial charge in [0.1, 0.15) is 0 Å². The molecule has 0 saturated carbocycles. The van der Waals surface area contributed by atoms with Crippen LogP contribution in [-0.4, -0.2) is 16.1 Å². The van der Waals surface area contributed by atoms with E-state index in [2.05, 4.69) is 20.9 Å². The van der Waals surface area contributed by atoms with E-state index in [0.717, 1.165) is 11.3 Å². The fourth-order valence-corrected chi connectivity index (χ4v) is 1.43. The van der Waals surface area contributed by atoms with Crippen LogP contribution in [0.1, 0.15) is 16.1 Å². The fraction of sp³-hybridized carbons (Fsp3) is 0.0833. The second kappa shape index (κ2) is 5.24. The SMILES string of the molecule is Cc1ccccc1NC(=O)c1ccc(NN)nn1. The van der Waals surface area contributed by atoms with Gasteiger partial charge in [0.05, 0.1) is 0 Å². The minimum Gasteiger partial charge on any atom is -0.320 e. The van der Waals surface area contributed by atoms with E-state index >= 15 is 0 Å². The maximum atomic E-state index is 11.9. The third-order valence-corrected chi connectivity index (χ3v) is 2.44. The molecule has 92 valence electrons. The number of anilines is 2. The molecule has 0 fully saturated rings. The van der Waals surface area contributed by atoms with Crippen molar-refractivity contribution in [2.45, 2.75) is 6.92 Å². The molecule has 1 amide bonds. The summed E-state index contributed by atoms with van der Waals surface area (Å²) in [6.07, 6.45) is 0. The Kier molecular flexibility index (Phi) is 3.49. The number of nitrogen functional groups attached to an aromatic ring is 1. The number of nitrogens with two attached hydrogens (primary N) is 1. The van der Waals surface area contributed by atoms with Crippen molar-refractivity contribution >= 4 is 17.4 Å². The van der Waals surface area contributed by atoms with Crippen molar-refractivity contribution in [3.63, 3.8) is 0 Å². The molecule has 0 radical (unpaired) electrons. The second-order valence-corrected chi connectivity index (χ2v) is 3.72. The Morgan fingerprint density at radius 3 is 2.56 bits per heavy atom. The van der Waals surface area contributed by atoms with Crippen LogP contribution in [0, 0.1) is 6.92 Å². The van der Waals surface area contributed by atoms with Gasteiger partial charge >= 0.3 is 0 Å². The summed E-state index contributed by atoms with van der Waals surface area (Å²) >= 11 is 0. The van der Waals surface area contributed by atoms with Gasteiger partial charge in [0.25, 0.3) is 5.91 Å². The van der Waals surface area contributed by atoms with E-state index in [4.69, 9.17) is 5.84 Å². The molecule has 18 heavy (non-hydrogen) atoms. The molecule has 6 nitrogen and oxygen atoms in total. The van der Waals surface area contributed by atoms with Gasteiger partial charge in [-0.2, -0.15) is 0 Å². The van der Waals surface area contributed by atoms with E-state index in [1.165, 1.54) is 0 Å². The van der Waals surface area contributed by atoms with Crippen molar-refractivity contribution in [3.05, 3.63) is 47.7 Å². The zero-order valence-corrected chi connectivity index (χ0v) is 9.84. The van der Waals surface area contributed by atoms with Crippen molar-refractivity contribution in [2.75, 3.05) is 10.7 Å². The second-order valence-electron chi connectivity index (χ2n) is 3.72. The summed E-state index contributed by atoms with van der Waals surface area (Å²) in [5, 5.41) is 10.3. The Morgan fingerprint density at radius 1 is 1.17 bits per heavy atom. The molecular formula is C12H13N5O. The van der Waals surface area contributed by atoms with Gasteiger partial charge in [-0.1, -0.05) is 18.2 Å². The van der Waals surface area contributed by atoms with E-state index in [0.29, 0.717) is 5.82 Å². The maximum Gasteiger partial charge on any atom is 0.276 e. The Bertz CT molecular complexity index is 553. The van der Waals surface area contributed by atoms with E-state index in [9.17, 15) is 4.79 Å². The quantitative estimate of drug-likeness (QED) is 0.558. The highest BCUT2D eigenvalue weighted by atomic mass is 16.1. The zero-order valence-electron chi connectivity index (χ0n) is 9.84. The van der Waals surface area contributed by atoms with Gasteiger partial charge in [-0.25, -0.2) is 5.84 Å². The van der Waals surface area contributed by atoms with Gasteiger partial charge in [-0.15, -0.1) is 10.2 Å². The Labute approximate surface area is 104 Å². The first-order valence-corrected chi connectivity index (χ1v) is 5.38. The van der Waals surface area contributed by atoms with Crippen LogP contribution in [0.3, 0.4) is 0 Å². The Morgan fingerprint density at radius 2 is 1.94 bits per heavy atom. The highest BCUT2D eigenvalue weighted by molar-refractivity contribution is 6.03. The molecular weight excluding hydrogens is 230 g/mol. The van der Waals surface area contributed by atoms with E-state index in [1.54, 1.807) is 12.1 Å². The number of nitrogens with zero attached hydrogens (tertiary/aromatic N) is 2.